The maximum atomic E-state index is 12.6. The van der Waals surface area contributed by atoms with Crippen molar-refractivity contribution in [2.75, 3.05) is 6.61 Å². The van der Waals surface area contributed by atoms with E-state index in [-0.39, 0.29) is 42.8 Å². The number of ether oxygens (including phenoxy) is 3. The highest BCUT2D eigenvalue weighted by atomic mass is 35.5. The highest BCUT2D eigenvalue weighted by Gasteiger charge is 2.23. The maximum absolute atomic E-state index is 12.6. The minimum absolute atomic E-state index is 0.000346. The molecule has 5 aromatic rings. The molecular formula is C34H31ClN4O7. The molecule has 12 heteroatoms. The summed E-state index contributed by atoms with van der Waals surface area (Å²) in [5.41, 5.74) is 6.32. The van der Waals surface area contributed by atoms with Crippen LogP contribution in [0.15, 0.2) is 94.4 Å². The zero-order chi connectivity index (χ0) is 32.6. The number of furan rings is 1. The van der Waals surface area contributed by atoms with Crippen LogP contribution < -0.4 is 19.6 Å². The summed E-state index contributed by atoms with van der Waals surface area (Å²) in [6.45, 7) is 6.20. The Bertz CT molecular complexity index is 1860. The van der Waals surface area contributed by atoms with Crippen LogP contribution in [0.5, 0.6) is 17.2 Å². The molecule has 0 aliphatic heterocycles. The SMILES string of the molecule is CCOc1cc(/C=N/NC(=O)c2ccc(COc3ccc(-n4c(C)ccc4C)cc3)o2)cc([N+](=O)[O-])c1OCc1ccccc1Cl. The first-order valence-electron chi connectivity index (χ1n) is 14.3. The van der Waals surface area contributed by atoms with Crippen LogP contribution in [0.25, 0.3) is 5.69 Å². The number of hydrazone groups is 1. The molecule has 0 aliphatic carbocycles. The third-order valence-corrected chi connectivity index (χ3v) is 7.27. The molecule has 0 radical (unpaired) electrons. The fraction of sp³-hybridized carbons (Fsp3) is 0.176. The summed E-state index contributed by atoms with van der Waals surface area (Å²) in [6, 6.07) is 24.8. The van der Waals surface area contributed by atoms with Gasteiger partial charge in [-0.05, 0) is 81.4 Å². The molecule has 0 unspecified atom stereocenters. The highest BCUT2D eigenvalue weighted by Crippen LogP contribution is 2.39. The lowest BCUT2D eigenvalue weighted by Gasteiger charge is -2.13. The van der Waals surface area contributed by atoms with E-state index in [9.17, 15) is 14.9 Å². The minimum Gasteiger partial charge on any atom is -0.490 e. The lowest BCUT2D eigenvalue weighted by Crippen LogP contribution is -2.16. The summed E-state index contributed by atoms with van der Waals surface area (Å²) in [6.07, 6.45) is 1.26. The predicted octanol–water partition coefficient (Wildman–Crippen LogP) is 7.57. The number of nitro benzene ring substituents is 1. The van der Waals surface area contributed by atoms with Crippen molar-refractivity contribution in [1.29, 1.82) is 0 Å². The zero-order valence-corrected chi connectivity index (χ0v) is 26.1. The predicted molar refractivity (Wildman–Crippen MR) is 173 cm³/mol. The third-order valence-electron chi connectivity index (χ3n) is 6.90. The molecule has 0 saturated heterocycles. The van der Waals surface area contributed by atoms with Crippen LogP contribution in [0.1, 0.15) is 45.8 Å². The average Bonchev–Trinajstić information content (AvgIpc) is 3.66. The largest absolute Gasteiger partial charge is 0.490 e. The highest BCUT2D eigenvalue weighted by molar-refractivity contribution is 6.31. The fourth-order valence-corrected chi connectivity index (χ4v) is 4.90. The Balaban J connectivity index is 1.20. The number of nitro groups is 1. The van der Waals surface area contributed by atoms with Crippen LogP contribution >= 0.6 is 11.6 Å². The second kappa shape index (κ2) is 14.5. The molecule has 5 rings (SSSR count). The molecule has 1 amide bonds. The van der Waals surface area contributed by atoms with E-state index in [1.807, 2.05) is 24.3 Å². The Morgan fingerprint density at radius 1 is 0.978 bits per heavy atom. The summed E-state index contributed by atoms with van der Waals surface area (Å²) >= 11 is 6.21. The van der Waals surface area contributed by atoms with E-state index in [0.29, 0.717) is 27.7 Å². The second-order valence-electron chi connectivity index (χ2n) is 10.1. The Kier molecular flexibility index (Phi) is 10.0. The van der Waals surface area contributed by atoms with Crippen LogP contribution in [0, 0.1) is 24.0 Å². The Morgan fingerprint density at radius 2 is 1.72 bits per heavy atom. The molecule has 236 valence electrons. The summed E-state index contributed by atoms with van der Waals surface area (Å²) < 4.78 is 25.0. The number of aryl methyl sites for hydroxylation is 2. The van der Waals surface area contributed by atoms with E-state index in [4.69, 9.17) is 30.2 Å². The molecule has 46 heavy (non-hydrogen) atoms. The van der Waals surface area contributed by atoms with Crippen molar-refractivity contribution in [3.05, 3.63) is 134 Å². The van der Waals surface area contributed by atoms with Gasteiger partial charge in [-0.2, -0.15) is 5.10 Å². The van der Waals surface area contributed by atoms with Gasteiger partial charge in [0.05, 0.1) is 17.7 Å². The monoisotopic (exact) mass is 642 g/mol. The average molecular weight is 643 g/mol. The number of nitrogens with one attached hydrogen (secondary N) is 1. The number of halogens is 1. The van der Waals surface area contributed by atoms with E-state index in [0.717, 1.165) is 17.1 Å². The normalized spacial score (nSPS) is 11.0. The van der Waals surface area contributed by atoms with Gasteiger partial charge in [0.25, 0.3) is 0 Å². The van der Waals surface area contributed by atoms with Crippen molar-refractivity contribution in [3.8, 4) is 22.9 Å². The van der Waals surface area contributed by atoms with Crippen molar-refractivity contribution >= 4 is 29.4 Å². The molecule has 0 spiro atoms. The lowest BCUT2D eigenvalue weighted by molar-refractivity contribution is -0.386. The van der Waals surface area contributed by atoms with Crippen LogP contribution in [0.3, 0.4) is 0 Å². The van der Waals surface area contributed by atoms with Crippen LogP contribution in [-0.2, 0) is 13.2 Å². The first kappa shape index (κ1) is 31.9. The molecule has 0 aliphatic rings. The molecular weight excluding hydrogens is 612 g/mol. The van der Waals surface area contributed by atoms with Gasteiger partial charge in [0, 0.05) is 39.3 Å². The van der Waals surface area contributed by atoms with E-state index in [1.165, 1.54) is 24.4 Å². The molecule has 0 bridgehead atoms. The molecule has 2 aromatic heterocycles. The smallest absolute Gasteiger partial charge is 0.315 e. The molecule has 3 aromatic carbocycles. The quantitative estimate of drug-likeness (QED) is 0.0796. The summed E-state index contributed by atoms with van der Waals surface area (Å²) in [4.78, 5) is 24.0. The maximum Gasteiger partial charge on any atom is 0.315 e. The van der Waals surface area contributed by atoms with Gasteiger partial charge in [-0.15, -0.1) is 0 Å². The van der Waals surface area contributed by atoms with Crippen molar-refractivity contribution in [3.63, 3.8) is 0 Å². The van der Waals surface area contributed by atoms with Crippen molar-refractivity contribution in [1.82, 2.24) is 9.99 Å². The minimum atomic E-state index is -0.608. The van der Waals surface area contributed by atoms with Gasteiger partial charge in [0.1, 0.15) is 24.7 Å². The van der Waals surface area contributed by atoms with Gasteiger partial charge in [-0.25, -0.2) is 5.43 Å². The Morgan fingerprint density at radius 3 is 2.41 bits per heavy atom. The number of rotatable bonds is 13. The summed E-state index contributed by atoms with van der Waals surface area (Å²) in [5.74, 6) is 0.619. The van der Waals surface area contributed by atoms with E-state index in [1.54, 1.807) is 37.3 Å². The number of hydrogen-bond acceptors (Lipinski definition) is 8. The molecule has 1 N–H and O–H groups in total. The number of amides is 1. The number of hydrogen-bond donors (Lipinski definition) is 1. The van der Waals surface area contributed by atoms with Gasteiger partial charge in [-0.1, -0.05) is 29.8 Å². The Labute approximate surface area is 270 Å². The summed E-state index contributed by atoms with van der Waals surface area (Å²) in [5, 5.41) is 16.3. The van der Waals surface area contributed by atoms with E-state index in [2.05, 4.69) is 41.1 Å². The van der Waals surface area contributed by atoms with Gasteiger partial charge in [0.2, 0.25) is 5.75 Å². The van der Waals surface area contributed by atoms with Crippen LogP contribution in [0.2, 0.25) is 5.02 Å². The number of nitrogens with zero attached hydrogens (tertiary/aromatic N) is 3. The summed E-state index contributed by atoms with van der Waals surface area (Å²) in [7, 11) is 0. The van der Waals surface area contributed by atoms with Crippen LogP contribution in [0.4, 0.5) is 5.69 Å². The first-order chi connectivity index (χ1) is 22.2. The standard InChI is InChI=1S/C34H31ClN4O7/c1-4-43-32-18-24(17-30(39(41)42)33(32)45-20-25-7-5-6-8-29(25)35)19-36-37-34(40)31-16-15-28(46-31)21-44-27-13-11-26(12-14-27)38-22(2)9-10-23(38)3/h5-19H,4,20-21H2,1-3H3,(H,37,40)/b36-19+. The van der Waals surface area contributed by atoms with E-state index >= 15 is 0 Å². The van der Waals surface area contributed by atoms with Gasteiger partial charge in [-0.3, -0.25) is 14.9 Å². The number of carbonyl (C=O) groups is 1. The van der Waals surface area contributed by atoms with Crippen molar-refractivity contribution in [2.45, 2.75) is 34.0 Å². The molecule has 2 heterocycles. The van der Waals surface area contributed by atoms with Gasteiger partial charge < -0.3 is 23.2 Å². The fourth-order valence-electron chi connectivity index (χ4n) is 4.71. The Hall–Kier alpha value is -5.55. The van der Waals surface area contributed by atoms with Crippen molar-refractivity contribution in [2.24, 2.45) is 5.10 Å². The second-order valence-corrected chi connectivity index (χ2v) is 10.5. The van der Waals surface area contributed by atoms with Gasteiger partial charge >= 0.3 is 11.6 Å². The number of carbonyl (C=O) groups excluding carboxylic acids is 1. The molecule has 0 saturated carbocycles. The zero-order valence-electron chi connectivity index (χ0n) is 25.4. The van der Waals surface area contributed by atoms with E-state index < -0.39 is 10.8 Å². The lowest BCUT2D eigenvalue weighted by atomic mass is 10.1. The third kappa shape index (κ3) is 7.56. The first-order valence-corrected chi connectivity index (χ1v) is 14.7. The van der Waals surface area contributed by atoms with Crippen LogP contribution in [-0.4, -0.2) is 28.2 Å². The number of benzene rings is 3. The molecule has 0 fully saturated rings. The van der Waals surface area contributed by atoms with Gasteiger partial charge in [0.15, 0.2) is 11.5 Å². The molecule has 0 atom stereocenters. The van der Waals surface area contributed by atoms with Crippen molar-refractivity contribution < 1.29 is 28.3 Å². The number of aromatic nitrogens is 1. The topological polar surface area (TPSA) is 130 Å². The molecule has 11 nitrogen and oxygen atoms in total.